The van der Waals surface area contributed by atoms with Crippen LogP contribution in [0, 0.1) is 0 Å². The molecule has 5 nitrogen and oxygen atoms in total. The maximum absolute atomic E-state index is 13.4. The Hall–Kier alpha value is -2.56. The number of phenols is 1. The van der Waals surface area contributed by atoms with Crippen molar-refractivity contribution in [2.75, 3.05) is 13.1 Å². The highest BCUT2D eigenvalue weighted by atomic mass is 16.3. The Morgan fingerprint density at radius 1 is 1.07 bits per heavy atom. The number of benzene rings is 1. The first-order chi connectivity index (χ1) is 13.1. The maximum atomic E-state index is 13.4. The van der Waals surface area contributed by atoms with Gasteiger partial charge in [0, 0.05) is 48.0 Å². The highest BCUT2D eigenvalue weighted by Gasteiger charge is 2.39. The van der Waals surface area contributed by atoms with E-state index in [1.54, 1.807) is 12.1 Å². The van der Waals surface area contributed by atoms with Gasteiger partial charge in [-0.1, -0.05) is 12.1 Å². The Bertz CT molecular complexity index is 830. The van der Waals surface area contributed by atoms with Gasteiger partial charge in [0.15, 0.2) is 5.78 Å². The zero-order chi connectivity index (χ0) is 19.0. The fourth-order valence-corrected chi connectivity index (χ4v) is 4.53. The molecule has 5 heteroatoms. The van der Waals surface area contributed by atoms with Gasteiger partial charge in [-0.25, -0.2) is 0 Å². The first kappa shape index (κ1) is 17.8. The van der Waals surface area contributed by atoms with E-state index in [-0.39, 0.29) is 23.4 Å². The number of Topliss-reactive ketones (excluding diaryl/α,β-unsaturated/α-hetero) is 1. The molecular formula is C22H26N2O3. The Morgan fingerprint density at radius 3 is 2.48 bits per heavy atom. The van der Waals surface area contributed by atoms with Gasteiger partial charge in [0.25, 0.3) is 5.91 Å². The number of dihydropyridines is 1. The van der Waals surface area contributed by atoms with Crippen LogP contribution in [-0.4, -0.2) is 34.8 Å². The quantitative estimate of drug-likeness (QED) is 0.842. The Morgan fingerprint density at radius 2 is 1.78 bits per heavy atom. The molecule has 1 unspecified atom stereocenters. The number of phenolic OH excluding ortho intramolecular Hbond substituents is 1. The van der Waals surface area contributed by atoms with E-state index in [4.69, 9.17) is 0 Å². The van der Waals surface area contributed by atoms with Gasteiger partial charge in [-0.05, 0) is 56.7 Å². The SMILES string of the molecule is CC1=C(C(=O)N2CCCCC2)C(c2ccc(O)cc2)C2=C(CCCC2=O)N1. The largest absolute Gasteiger partial charge is 0.508 e. The molecule has 0 bridgehead atoms. The molecule has 1 aromatic carbocycles. The van der Waals surface area contributed by atoms with Crippen molar-refractivity contribution in [1.29, 1.82) is 0 Å². The van der Waals surface area contributed by atoms with Crippen molar-refractivity contribution in [2.45, 2.75) is 51.4 Å². The molecule has 0 saturated carbocycles. The van der Waals surface area contributed by atoms with Crippen LogP contribution < -0.4 is 5.32 Å². The third-order valence-electron chi connectivity index (χ3n) is 5.88. The number of allylic oxidation sites excluding steroid dienone is 3. The number of carbonyl (C=O) groups excluding carboxylic acids is 2. The summed E-state index contributed by atoms with van der Waals surface area (Å²) in [6.45, 7) is 3.49. The zero-order valence-corrected chi connectivity index (χ0v) is 15.8. The molecule has 1 atom stereocenters. The third kappa shape index (κ3) is 3.27. The number of aromatic hydroxyl groups is 1. The van der Waals surface area contributed by atoms with E-state index >= 15 is 0 Å². The summed E-state index contributed by atoms with van der Waals surface area (Å²) in [6, 6.07) is 6.91. The summed E-state index contributed by atoms with van der Waals surface area (Å²) in [5.74, 6) is -0.0217. The van der Waals surface area contributed by atoms with Gasteiger partial charge in [-0.2, -0.15) is 0 Å². The minimum atomic E-state index is -0.357. The Labute approximate surface area is 159 Å². The first-order valence-corrected chi connectivity index (χ1v) is 9.88. The molecule has 1 aromatic rings. The Balaban J connectivity index is 1.80. The average Bonchev–Trinajstić information content (AvgIpc) is 2.68. The van der Waals surface area contributed by atoms with E-state index in [1.807, 2.05) is 24.0 Å². The lowest BCUT2D eigenvalue weighted by Gasteiger charge is -2.37. The normalized spacial score (nSPS) is 23.2. The van der Waals surface area contributed by atoms with Crippen LogP contribution in [0.25, 0.3) is 0 Å². The van der Waals surface area contributed by atoms with Crippen LogP contribution in [-0.2, 0) is 9.59 Å². The predicted octanol–water partition coefficient (Wildman–Crippen LogP) is 3.37. The van der Waals surface area contributed by atoms with Crippen molar-refractivity contribution < 1.29 is 14.7 Å². The number of amides is 1. The van der Waals surface area contributed by atoms with Crippen LogP contribution in [0.2, 0.25) is 0 Å². The summed E-state index contributed by atoms with van der Waals surface area (Å²) < 4.78 is 0. The summed E-state index contributed by atoms with van der Waals surface area (Å²) in [6.07, 6.45) is 5.42. The molecule has 3 aliphatic rings. The minimum absolute atomic E-state index is 0.0303. The second-order valence-corrected chi connectivity index (χ2v) is 7.71. The van der Waals surface area contributed by atoms with Crippen LogP contribution >= 0.6 is 0 Å². The molecule has 2 heterocycles. The number of nitrogens with one attached hydrogen (secondary N) is 1. The molecule has 0 spiro atoms. The van der Waals surface area contributed by atoms with Gasteiger partial charge in [-0.3, -0.25) is 9.59 Å². The van der Waals surface area contributed by atoms with Crippen molar-refractivity contribution in [3.63, 3.8) is 0 Å². The van der Waals surface area contributed by atoms with E-state index in [0.29, 0.717) is 12.0 Å². The molecule has 1 saturated heterocycles. The number of likely N-dealkylation sites (tertiary alicyclic amines) is 1. The fraction of sp³-hybridized carbons (Fsp3) is 0.455. The topological polar surface area (TPSA) is 69.6 Å². The first-order valence-electron chi connectivity index (χ1n) is 9.88. The second kappa shape index (κ2) is 7.22. The molecule has 0 radical (unpaired) electrons. The van der Waals surface area contributed by atoms with Gasteiger partial charge < -0.3 is 15.3 Å². The molecule has 4 rings (SSSR count). The average molecular weight is 366 g/mol. The molecule has 142 valence electrons. The number of rotatable bonds is 2. The van der Waals surface area contributed by atoms with E-state index < -0.39 is 0 Å². The molecule has 2 N–H and O–H groups in total. The molecule has 1 aliphatic carbocycles. The van der Waals surface area contributed by atoms with Crippen LogP contribution in [0.1, 0.15) is 56.9 Å². The smallest absolute Gasteiger partial charge is 0.252 e. The number of ketones is 1. The lowest BCUT2D eigenvalue weighted by molar-refractivity contribution is -0.128. The molecule has 2 aliphatic heterocycles. The molecule has 0 aromatic heterocycles. The standard InChI is InChI=1S/C22H26N2O3/c1-14-19(22(27)24-12-3-2-4-13-24)20(15-8-10-16(25)11-9-15)21-17(23-14)6-5-7-18(21)26/h8-11,20,23,25H,2-7,12-13H2,1H3. The predicted molar refractivity (Wildman–Crippen MR) is 103 cm³/mol. The number of piperidine rings is 1. The van der Waals surface area contributed by atoms with Gasteiger partial charge in [0.1, 0.15) is 5.75 Å². The number of hydrogen-bond donors (Lipinski definition) is 2. The summed E-state index contributed by atoms with van der Waals surface area (Å²) in [5.41, 5.74) is 4.10. The van der Waals surface area contributed by atoms with Crippen molar-refractivity contribution in [2.24, 2.45) is 0 Å². The second-order valence-electron chi connectivity index (χ2n) is 7.71. The van der Waals surface area contributed by atoms with Crippen molar-refractivity contribution >= 4 is 11.7 Å². The molecule has 1 fully saturated rings. The molecule has 1 amide bonds. The minimum Gasteiger partial charge on any atom is -0.508 e. The van der Waals surface area contributed by atoms with Crippen LogP contribution in [0.5, 0.6) is 5.75 Å². The Kier molecular flexibility index (Phi) is 4.77. The lowest BCUT2D eigenvalue weighted by atomic mass is 9.75. The number of nitrogens with zero attached hydrogens (tertiary/aromatic N) is 1. The number of carbonyl (C=O) groups is 2. The maximum Gasteiger partial charge on any atom is 0.252 e. The summed E-state index contributed by atoms with van der Waals surface area (Å²) in [4.78, 5) is 28.2. The van der Waals surface area contributed by atoms with E-state index in [2.05, 4.69) is 5.32 Å². The highest BCUT2D eigenvalue weighted by Crippen LogP contribution is 2.43. The van der Waals surface area contributed by atoms with Crippen LogP contribution in [0.15, 0.2) is 46.8 Å². The third-order valence-corrected chi connectivity index (χ3v) is 5.88. The summed E-state index contributed by atoms with van der Waals surface area (Å²) in [7, 11) is 0. The summed E-state index contributed by atoms with van der Waals surface area (Å²) >= 11 is 0. The monoisotopic (exact) mass is 366 g/mol. The van der Waals surface area contributed by atoms with Gasteiger partial charge in [-0.15, -0.1) is 0 Å². The zero-order valence-electron chi connectivity index (χ0n) is 15.8. The van der Waals surface area contributed by atoms with Gasteiger partial charge in [0.05, 0.1) is 0 Å². The fourth-order valence-electron chi connectivity index (χ4n) is 4.53. The van der Waals surface area contributed by atoms with Crippen molar-refractivity contribution in [3.05, 3.63) is 52.4 Å². The molecule has 27 heavy (non-hydrogen) atoms. The molecular weight excluding hydrogens is 340 g/mol. The summed E-state index contributed by atoms with van der Waals surface area (Å²) in [5, 5.41) is 13.1. The van der Waals surface area contributed by atoms with Crippen LogP contribution in [0.4, 0.5) is 0 Å². The van der Waals surface area contributed by atoms with Crippen LogP contribution in [0.3, 0.4) is 0 Å². The van der Waals surface area contributed by atoms with E-state index in [0.717, 1.165) is 67.7 Å². The van der Waals surface area contributed by atoms with Gasteiger partial charge in [0.2, 0.25) is 0 Å². The van der Waals surface area contributed by atoms with Crippen molar-refractivity contribution in [1.82, 2.24) is 10.2 Å². The van der Waals surface area contributed by atoms with Crippen molar-refractivity contribution in [3.8, 4) is 5.75 Å². The lowest BCUT2D eigenvalue weighted by Crippen LogP contribution is -2.42. The highest BCUT2D eigenvalue weighted by molar-refractivity contribution is 6.05. The van der Waals surface area contributed by atoms with Gasteiger partial charge >= 0.3 is 0 Å². The van der Waals surface area contributed by atoms with E-state index in [1.165, 1.54) is 0 Å². The van der Waals surface area contributed by atoms with E-state index in [9.17, 15) is 14.7 Å². The number of hydrogen-bond acceptors (Lipinski definition) is 4.